The molecule has 2 aliphatic rings. The van der Waals surface area contributed by atoms with E-state index in [1.165, 1.54) is 0 Å². The number of ether oxygens (including phenoxy) is 1. The van der Waals surface area contributed by atoms with Gasteiger partial charge in [-0.2, -0.15) is 4.98 Å². The van der Waals surface area contributed by atoms with Gasteiger partial charge >= 0.3 is 0 Å². The molecule has 5 nitrogen and oxygen atoms in total. The number of carbonyl (C=O) groups excluding carboxylic acids is 1. The van der Waals surface area contributed by atoms with Crippen LogP contribution < -0.4 is 10.1 Å². The molecule has 0 amide bonds. The fourth-order valence-electron chi connectivity index (χ4n) is 2.09. The Bertz CT molecular complexity index is 378. The Hall–Kier alpha value is -1.36. The van der Waals surface area contributed by atoms with E-state index in [1.54, 1.807) is 0 Å². The van der Waals surface area contributed by atoms with Crippen molar-refractivity contribution in [1.82, 2.24) is 14.9 Å². The molecular formula is C10H13N3O2. The third-order valence-corrected chi connectivity index (χ3v) is 2.91. The van der Waals surface area contributed by atoms with Crippen LogP contribution in [0.1, 0.15) is 24.6 Å². The molecule has 3 heterocycles. The van der Waals surface area contributed by atoms with Gasteiger partial charge in [-0.15, -0.1) is 0 Å². The summed E-state index contributed by atoms with van der Waals surface area (Å²) < 4.78 is 7.33. The summed E-state index contributed by atoms with van der Waals surface area (Å²) >= 11 is 0. The molecule has 80 valence electrons. The van der Waals surface area contributed by atoms with Gasteiger partial charge in [0.2, 0.25) is 0 Å². The number of imidazole rings is 1. The highest BCUT2D eigenvalue weighted by molar-refractivity contribution is 5.80. The molecule has 1 unspecified atom stereocenters. The molecule has 1 aromatic heterocycles. The highest BCUT2D eigenvalue weighted by atomic mass is 16.5. The number of Topliss-reactive ketones (excluding diaryl/α,β-unsaturated/α-hetero) is 1. The zero-order valence-corrected chi connectivity index (χ0v) is 8.40. The zero-order chi connectivity index (χ0) is 10.3. The number of hydrogen-bond acceptors (Lipinski definition) is 4. The number of nitrogens with zero attached hydrogens (tertiary/aromatic N) is 2. The van der Waals surface area contributed by atoms with Gasteiger partial charge in [-0.05, 0) is 0 Å². The molecule has 1 fully saturated rings. The Morgan fingerprint density at radius 3 is 3.33 bits per heavy atom. The Balaban J connectivity index is 1.83. The van der Waals surface area contributed by atoms with Gasteiger partial charge in [0, 0.05) is 25.6 Å². The van der Waals surface area contributed by atoms with E-state index in [0.717, 1.165) is 18.8 Å². The lowest BCUT2D eigenvalue weighted by molar-refractivity contribution is -0.120. The highest BCUT2D eigenvalue weighted by Gasteiger charge is 2.25. The van der Waals surface area contributed by atoms with Crippen LogP contribution in [0.5, 0.6) is 6.01 Å². The highest BCUT2D eigenvalue weighted by Crippen LogP contribution is 2.25. The van der Waals surface area contributed by atoms with Crippen LogP contribution >= 0.6 is 0 Å². The van der Waals surface area contributed by atoms with Gasteiger partial charge < -0.3 is 10.1 Å². The van der Waals surface area contributed by atoms with E-state index in [9.17, 15) is 4.79 Å². The van der Waals surface area contributed by atoms with Crippen molar-refractivity contribution in [2.75, 3.05) is 13.2 Å². The summed E-state index contributed by atoms with van der Waals surface area (Å²) in [6, 6.07) is 0.762. The van der Waals surface area contributed by atoms with Gasteiger partial charge in [-0.3, -0.25) is 9.36 Å². The summed E-state index contributed by atoms with van der Waals surface area (Å²) in [7, 11) is 0. The van der Waals surface area contributed by atoms with E-state index in [-0.39, 0.29) is 6.04 Å². The van der Waals surface area contributed by atoms with Crippen molar-refractivity contribution in [3.05, 3.63) is 11.9 Å². The molecule has 1 saturated heterocycles. The standard InChI is InChI=1S/C10H13N3O2/c14-7-1-2-11-8(5-7)9-6-13-3-4-15-10(13)12-9/h6,8,11H,1-5H2. The smallest absolute Gasteiger partial charge is 0.296 e. The summed E-state index contributed by atoms with van der Waals surface area (Å²) in [5.41, 5.74) is 0.928. The lowest BCUT2D eigenvalue weighted by Crippen LogP contribution is -2.32. The fraction of sp³-hybridized carbons (Fsp3) is 0.600. The predicted octanol–water partition coefficient (Wildman–Crippen LogP) is 0.269. The summed E-state index contributed by atoms with van der Waals surface area (Å²) in [6.07, 6.45) is 3.18. The minimum atomic E-state index is 0.0768. The van der Waals surface area contributed by atoms with Crippen molar-refractivity contribution in [2.45, 2.75) is 25.4 Å². The molecule has 3 rings (SSSR count). The lowest BCUT2D eigenvalue weighted by Gasteiger charge is -2.20. The average Bonchev–Trinajstić information content (AvgIpc) is 2.76. The van der Waals surface area contributed by atoms with Crippen molar-refractivity contribution < 1.29 is 9.53 Å². The quantitative estimate of drug-likeness (QED) is 0.718. The predicted molar refractivity (Wildman–Crippen MR) is 52.7 cm³/mol. The Morgan fingerprint density at radius 2 is 2.53 bits per heavy atom. The monoisotopic (exact) mass is 207 g/mol. The molecule has 0 spiro atoms. The van der Waals surface area contributed by atoms with E-state index in [2.05, 4.69) is 10.3 Å². The van der Waals surface area contributed by atoms with E-state index >= 15 is 0 Å². The maximum absolute atomic E-state index is 11.3. The van der Waals surface area contributed by atoms with E-state index in [0.29, 0.717) is 31.2 Å². The third-order valence-electron chi connectivity index (χ3n) is 2.91. The summed E-state index contributed by atoms with van der Waals surface area (Å²) in [6.45, 7) is 2.33. The molecule has 1 N–H and O–H groups in total. The molecule has 0 saturated carbocycles. The number of fused-ring (bicyclic) bond motifs is 1. The second kappa shape index (κ2) is 3.34. The SMILES string of the molecule is O=C1CCNC(c2cn3c(n2)OCC3)C1. The molecule has 15 heavy (non-hydrogen) atoms. The Labute approximate surface area is 87.4 Å². The van der Waals surface area contributed by atoms with Crippen LogP contribution in [0.25, 0.3) is 0 Å². The Kier molecular flexibility index (Phi) is 1.98. The summed E-state index contributed by atoms with van der Waals surface area (Å²) in [5, 5.41) is 3.30. The van der Waals surface area contributed by atoms with Crippen molar-refractivity contribution >= 4 is 5.78 Å². The van der Waals surface area contributed by atoms with E-state index in [1.807, 2.05) is 10.8 Å². The first kappa shape index (κ1) is 8.91. The summed E-state index contributed by atoms with van der Waals surface area (Å²) in [5.74, 6) is 0.313. The molecule has 1 aromatic rings. The van der Waals surface area contributed by atoms with Crippen molar-refractivity contribution in [2.24, 2.45) is 0 Å². The molecule has 1 atom stereocenters. The first-order valence-electron chi connectivity index (χ1n) is 5.28. The summed E-state index contributed by atoms with van der Waals surface area (Å²) in [4.78, 5) is 15.7. The number of carbonyl (C=O) groups is 1. The number of nitrogens with one attached hydrogen (secondary N) is 1. The first-order valence-corrected chi connectivity index (χ1v) is 5.28. The second-order valence-electron chi connectivity index (χ2n) is 3.99. The van der Waals surface area contributed by atoms with Gasteiger partial charge in [0.15, 0.2) is 0 Å². The normalized spacial score (nSPS) is 25.1. The first-order chi connectivity index (χ1) is 7.33. The average molecular weight is 207 g/mol. The van der Waals surface area contributed by atoms with Crippen LogP contribution in [0.4, 0.5) is 0 Å². The van der Waals surface area contributed by atoms with Gasteiger partial charge in [-0.1, -0.05) is 0 Å². The second-order valence-corrected chi connectivity index (χ2v) is 3.99. The fourth-order valence-corrected chi connectivity index (χ4v) is 2.09. The molecule has 0 bridgehead atoms. The van der Waals surface area contributed by atoms with Crippen molar-refractivity contribution in [3.8, 4) is 6.01 Å². The number of hydrogen-bond donors (Lipinski definition) is 1. The molecule has 0 aromatic carbocycles. The van der Waals surface area contributed by atoms with Gasteiger partial charge in [0.25, 0.3) is 6.01 Å². The van der Waals surface area contributed by atoms with E-state index < -0.39 is 0 Å². The number of rotatable bonds is 1. The molecule has 0 aliphatic carbocycles. The van der Waals surface area contributed by atoms with Crippen LogP contribution in [0.2, 0.25) is 0 Å². The Morgan fingerprint density at radius 1 is 1.60 bits per heavy atom. The largest absolute Gasteiger partial charge is 0.463 e. The zero-order valence-electron chi connectivity index (χ0n) is 8.40. The number of piperidine rings is 1. The van der Waals surface area contributed by atoms with Crippen LogP contribution in [-0.4, -0.2) is 28.5 Å². The number of aromatic nitrogens is 2. The van der Waals surface area contributed by atoms with Crippen molar-refractivity contribution in [3.63, 3.8) is 0 Å². The maximum atomic E-state index is 11.3. The van der Waals surface area contributed by atoms with Gasteiger partial charge in [0.1, 0.15) is 12.4 Å². The van der Waals surface area contributed by atoms with Crippen LogP contribution in [0.15, 0.2) is 6.20 Å². The molecule has 0 radical (unpaired) electrons. The molecule has 2 aliphatic heterocycles. The lowest BCUT2D eigenvalue weighted by atomic mass is 10.0. The van der Waals surface area contributed by atoms with Gasteiger partial charge in [0.05, 0.1) is 18.3 Å². The molecular weight excluding hydrogens is 194 g/mol. The van der Waals surface area contributed by atoms with Crippen molar-refractivity contribution in [1.29, 1.82) is 0 Å². The minimum Gasteiger partial charge on any atom is -0.463 e. The number of ketones is 1. The van der Waals surface area contributed by atoms with Crippen LogP contribution in [0, 0.1) is 0 Å². The van der Waals surface area contributed by atoms with Crippen LogP contribution in [-0.2, 0) is 11.3 Å². The minimum absolute atomic E-state index is 0.0768. The maximum Gasteiger partial charge on any atom is 0.296 e. The molecule has 5 heteroatoms. The third kappa shape index (κ3) is 1.52. The van der Waals surface area contributed by atoms with Crippen LogP contribution in [0.3, 0.4) is 0 Å². The van der Waals surface area contributed by atoms with Gasteiger partial charge in [-0.25, -0.2) is 0 Å². The van der Waals surface area contributed by atoms with E-state index in [4.69, 9.17) is 4.74 Å². The topological polar surface area (TPSA) is 56.2 Å².